The van der Waals surface area contributed by atoms with Crippen LogP contribution in [-0.4, -0.2) is 21.6 Å². The van der Waals surface area contributed by atoms with Crippen molar-refractivity contribution >= 4 is 5.78 Å². The van der Waals surface area contributed by atoms with Crippen LogP contribution >= 0.6 is 0 Å². The van der Waals surface area contributed by atoms with E-state index in [9.17, 15) is 4.79 Å². The maximum atomic E-state index is 12.4. The molecule has 0 saturated carbocycles. The van der Waals surface area contributed by atoms with Crippen molar-refractivity contribution in [1.29, 1.82) is 0 Å². The molecule has 0 fully saturated rings. The summed E-state index contributed by atoms with van der Waals surface area (Å²) in [5.41, 5.74) is 3.25. The number of aryl methyl sites for hydroxylation is 1. The highest BCUT2D eigenvalue weighted by Gasteiger charge is 2.25. The van der Waals surface area contributed by atoms with E-state index in [1.165, 1.54) is 11.1 Å². The lowest BCUT2D eigenvalue weighted by atomic mass is 9.92. The molecule has 0 spiro atoms. The standard InChI is InChI=1S/C15H17N3O/c1-2-18-10-13(9-17-18)15(19)14-7-11-5-3-4-6-12(11)8-16-14/h3-6,9-10,14,16H,2,7-8H2,1H3. The van der Waals surface area contributed by atoms with E-state index in [1.807, 2.05) is 25.3 Å². The lowest BCUT2D eigenvalue weighted by Crippen LogP contribution is -2.41. The van der Waals surface area contributed by atoms with Gasteiger partial charge in [-0.2, -0.15) is 5.10 Å². The van der Waals surface area contributed by atoms with Gasteiger partial charge in [0.15, 0.2) is 5.78 Å². The van der Waals surface area contributed by atoms with Crippen LogP contribution in [0.2, 0.25) is 0 Å². The number of fused-ring (bicyclic) bond motifs is 1. The number of hydrogen-bond donors (Lipinski definition) is 1. The Bertz CT molecular complexity index is 603. The topological polar surface area (TPSA) is 46.9 Å². The lowest BCUT2D eigenvalue weighted by Gasteiger charge is -2.24. The molecule has 0 amide bonds. The second-order valence-electron chi connectivity index (χ2n) is 4.86. The van der Waals surface area contributed by atoms with Gasteiger partial charge in [0.2, 0.25) is 0 Å². The van der Waals surface area contributed by atoms with Gasteiger partial charge in [0.05, 0.1) is 17.8 Å². The molecule has 0 saturated heterocycles. The number of aromatic nitrogens is 2. The number of hydrogen-bond acceptors (Lipinski definition) is 3. The molecule has 4 heteroatoms. The second-order valence-corrected chi connectivity index (χ2v) is 4.86. The molecule has 1 aromatic heterocycles. The number of ketones is 1. The Labute approximate surface area is 112 Å². The summed E-state index contributed by atoms with van der Waals surface area (Å²) in [6.45, 7) is 3.55. The predicted molar refractivity (Wildman–Crippen MR) is 73.0 cm³/mol. The smallest absolute Gasteiger partial charge is 0.183 e. The number of rotatable bonds is 3. The van der Waals surface area contributed by atoms with Gasteiger partial charge in [-0.3, -0.25) is 9.48 Å². The Morgan fingerprint density at radius 1 is 1.42 bits per heavy atom. The molecule has 0 radical (unpaired) electrons. The van der Waals surface area contributed by atoms with Gasteiger partial charge >= 0.3 is 0 Å². The molecule has 1 aliphatic heterocycles. The van der Waals surface area contributed by atoms with Gasteiger partial charge in [0.25, 0.3) is 0 Å². The molecule has 1 unspecified atom stereocenters. The summed E-state index contributed by atoms with van der Waals surface area (Å²) >= 11 is 0. The fourth-order valence-electron chi connectivity index (χ4n) is 2.50. The van der Waals surface area contributed by atoms with Gasteiger partial charge < -0.3 is 5.32 Å². The van der Waals surface area contributed by atoms with Crippen molar-refractivity contribution in [3.05, 3.63) is 53.3 Å². The fraction of sp³-hybridized carbons (Fsp3) is 0.333. The Hall–Kier alpha value is -1.94. The molecule has 1 aromatic carbocycles. The summed E-state index contributed by atoms with van der Waals surface area (Å²) < 4.78 is 1.78. The average molecular weight is 255 g/mol. The number of carbonyl (C=O) groups excluding carboxylic acids is 1. The van der Waals surface area contributed by atoms with E-state index < -0.39 is 0 Å². The van der Waals surface area contributed by atoms with Crippen molar-refractivity contribution < 1.29 is 4.79 Å². The first-order chi connectivity index (χ1) is 9.28. The Kier molecular flexibility index (Phi) is 3.17. The van der Waals surface area contributed by atoms with Gasteiger partial charge in [-0.05, 0) is 24.5 Å². The minimum atomic E-state index is -0.135. The van der Waals surface area contributed by atoms with E-state index in [-0.39, 0.29) is 11.8 Å². The first-order valence-corrected chi connectivity index (χ1v) is 6.64. The Morgan fingerprint density at radius 2 is 2.21 bits per heavy atom. The zero-order valence-electron chi connectivity index (χ0n) is 11.0. The number of benzene rings is 1. The lowest BCUT2D eigenvalue weighted by molar-refractivity contribution is 0.0938. The van der Waals surface area contributed by atoms with Crippen LogP contribution in [0.1, 0.15) is 28.4 Å². The van der Waals surface area contributed by atoms with Crippen molar-refractivity contribution in [1.82, 2.24) is 15.1 Å². The zero-order chi connectivity index (χ0) is 13.2. The van der Waals surface area contributed by atoms with Crippen molar-refractivity contribution in [2.24, 2.45) is 0 Å². The summed E-state index contributed by atoms with van der Waals surface area (Å²) in [6.07, 6.45) is 4.24. The number of nitrogens with zero attached hydrogens (tertiary/aromatic N) is 2. The molecular weight excluding hydrogens is 238 g/mol. The van der Waals surface area contributed by atoms with Gasteiger partial charge in [0.1, 0.15) is 0 Å². The molecule has 0 aliphatic carbocycles. The highest BCUT2D eigenvalue weighted by Crippen LogP contribution is 2.18. The predicted octanol–water partition coefficient (Wildman–Crippen LogP) is 1.80. The Balaban J connectivity index is 1.79. The number of Topliss-reactive ketones (excluding diaryl/α,β-unsaturated/α-hetero) is 1. The first-order valence-electron chi connectivity index (χ1n) is 6.64. The van der Waals surface area contributed by atoms with E-state index >= 15 is 0 Å². The molecule has 3 rings (SSSR count). The summed E-state index contributed by atoms with van der Waals surface area (Å²) in [4.78, 5) is 12.4. The molecule has 2 heterocycles. The van der Waals surface area contributed by atoms with Crippen LogP contribution in [-0.2, 0) is 19.5 Å². The van der Waals surface area contributed by atoms with Crippen molar-refractivity contribution in [3.63, 3.8) is 0 Å². The summed E-state index contributed by atoms with van der Waals surface area (Å²) in [6, 6.07) is 8.14. The summed E-state index contributed by atoms with van der Waals surface area (Å²) in [5.74, 6) is 0.134. The molecule has 4 nitrogen and oxygen atoms in total. The van der Waals surface area contributed by atoms with Crippen LogP contribution < -0.4 is 5.32 Å². The second kappa shape index (κ2) is 4.97. The molecule has 0 bridgehead atoms. The van der Waals surface area contributed by atoms with E-state index in [1.54, 1.807) is 10.9 Å². The normalized spacial score (nSPS) is 18.1. The van der Waals surface area contributed by atoms with Crippen molar-refractivity contribution in [2.45, 2.75) is 32.5 Å². The third-order valence-corrected chi connectivity index (χ3v) is 3.64. The van der Waals surface area contributed by atoms with E-state index in [2.05, 4.69) is 22.5 Å². The van der Waals surface area contributed by atoms with Crippen LogP contribution in [0, 0.1) is 0 Å². The van der Waals surface area contributed by atoms with Crippen LogP contribution in [0.3, 0.4) is 0 Å². The van der Waals surface area contributed by atoms with E-state index in [0.29, 0.717) is 5.56 Å². The van der Waals surface area contributed by atoms with Crippen LogP contribution in [0.15, 0.2) is 36.7 Å². The third kappa shape index (κ3) is 2.31. The quantitative estimate of drug-likeness (QED) is 0.851. The summed E-state index contributed by atoms with van der Waals surface area (Å²) in [7, 11) is 0. The highest BCUT2D eigenvalue weighted by atomic mass is 16.1. The third-order valence-electron chi connectivity index (χ3n) is 3.64. The highest BCUT2D eigenvalue weighted by molar-refractivity contribution is 6.00. The fourth-order valence-corrected chi connectivity index (χ4v) is 2.50. The Morgan fingerprint density at radius 3 is 2.95 bits per heavy atom. The van der Waals surface area contributed by atoms with E-state index in [0.717, 1.165) is 19.5 Å². The average Bonchev–Trinajstić information content (AvgIpc) is 2.95. The maximum absolute atomic E-state index is 12.4. The number of nitrogens with one attached hydrogen (secondary N) is 1. The summed E-state index contributed by atoms with van der Waals surface area (Å²) in [5, 5.41) is 7.48. The van der Waals surface area contributed by atoms with Crippen molar-refractivity contribution in [3.8, 4) is 0 Å². The molecule has 98 valence electrons. The molecular formula is C15H17N3O. The van der Waals surface area contributed by atoms with E-state index in [4.69, 9.17) is 0 Å². The molecule has 1 N–H and O–H groups in total. The monoisotopic (exact) mass is 255 g/mol. The maximum Gasteiger partial charge on any atom is 0.183 e. The first kappa shape index (κ1) is 12.1. The van der Waals surface area contributed by atoms with Gasteiger partial charge in [-0.1, -0.05) is 24.3 Å². The zero-order valence-corrected chi connectivity index (χ0v) is 11.0. The van der Waals surface area contributed by atoms with Gasteiger partial charge in [0, 0.05) is 19.3 Å². The molecule has 19 heavy (non-hydrogen) atoms. The van der Waals surface area contributed by atoms with Crippen LogP contribution in [0.4, 0.5) is 0 Å². The van der Waals surface area contributed by atoms with Crippen LogP contribution in [0.5, 0.6) is 0 Å². The SMILES string of the molecule is CCn1cc(C(=O)C2Cc3ccccc3CN2)cn1. The molecule has 1 aliphatic rings. The minimum Gasteiger partial charge on any atom is -0.303 e. The minimum absolute atomic E-state index is 0.134. The largest absolute Gasteiger partial charge is 0.303 e. The van der Waals surface area contributed by atoms with Crippen LogP contribution in [0.25, 0.3) is 0 Å². The van der Waals surface area contributed by atoms with Crippen molar-refractivity contribution in [2.75, 3.05) is 0 Å². The van der Waals surface area contributed by atoms with Gasteiger partial charge in [-0.25, -0.2) is 0 Å². The molecule has 1 atom stereocenters. The number of carbonyl (C=O) groups is 1. The molecule has 2 aromatic rings. The van der Waals surface area contributed by atoms with Gasteiger partial charge in [-0.15, -0.1) is 0 Å².